The third-order valence-corrected chi connectivity index (χ3v) is 6.25. The summed E-state index contributed by atoms with van der Waals surface area (Å²) in [4.78, 5) is 25.2. The van der Waals surface area contributed by atoms with Gasteiger partial charge < -0.3 is 4.74 Å². The number of fused-ring (bicyclic) bond motifs is 2. The molecule has 4 aliphatic rings. The predicted molar refractivity (Wildman–Crippen MR) is 66.7 cm³/mol. The van der Waals surface area contributed by atoms with Crippen molar-refractivity contribution in [1.29, 1.82) is 0 Å². The molecule has 2 aliphatic heterocycles. The third-order valence-electron chi connectivity index (χ3n) is 6.25. The van der Waals surface area contributed by atoms with Gasteiger partial charge in [-0.15, -0.1) is 0 Å². The second kappa shape index (κ2) is 3.06. The zero-order chi connectivity index (χ0) is 13.3. The first kappa shape index (κ1) is 11.9. The van der Waals surface area contributed by atoms with Crippen LogP contribution in [-0.4, -0.2) is 17.4 Å². The zero-order valence-corrected chi connectivity index (χ0v) is 11.3. The lowest BCUT2D eigenvalue weighted by atomic mass is 9.46. The molecule has 2 aliphatic carbocycles. The van der Waals surface area contributed by atoms with E-state index in [1.165, 1.54) is 0 Å². The lowest BCUT2D eigenvalue weighted by Gasteiger charge is -2.61. The molecule has 0 aromatic rings. The fourth-order valence-electron chi connectivity index (χ4n) is 4.94. The second-order valence-electron chi connectivity index (χ2n) is 6.54. The molecule has 0 N–H and O–H groups in total. The van der Waals surface area contributed by atoms with Crippen molar-refractivity contribution in [3.8, 4) is 0 Å². The summed E-state index contributed by atoms with van der Waals surface area (Å²) in [5.41, 5.74) is -1.93. The quantitative estimate of drug-likeness (QED) is 0.407. The molecule has 3 heteroatoms. The van der Waals surface area contributed by atoms with E-state index in [9.17, 15) is 9.59 Å². The van der Waals surface area contributed by atoms with E-state index in [2.05, 4.69) is 20.4 Å². The van der Waals surface area contributed by atoms with E-state index in [1.807, 2.05) is 6.92 Å². The number of hydrogen-bond acceptors (Lipinski definition) is 3. The Morgan fingerprint density at radius 1 is 1.39 bits per heavy atom. The van der Waals surface area contributed by atoms with Gasteiger partial charge in [-0.1, -0.05) is 27.4 Å². The van der Waals surface area contributed by atoms with Gasteiger partial charge in [0.15, 0.2) is 5.78 Å². The van der Waals surface area contributed by atoms with Crippen molar-refractivity contribution in [2.45, 2.75) is 45.6 Å². The van der Waals surface area contributed by atoms with Gasteiger partial charge in [-0.2, -0.15) is 0 Å². The molecule has 4 rings (SSSR count). The van der Waals surface area contributed by atoms with Crippen LogP contribution in [-0.2, 0) is 14.3 Å². The molecule has 98 valence electrons. The fourth-order valence-corrected chi connectivity index (χ4v) is 4.94. The standard InChI is InChI=1S/C15H20O3/c1-5-14-8-11(16)15(12(17)18-14)9(2)6-7-13(15,4)10(14)3/h5,9-10H,1,6-8H2,2-4H3/t9-,10+,13+,14-,15-/m1/s1. The van der Waals surface area contributed by atoms with Crippen LogP contribution in [0.4, 0.5) is 0 Å². The molecule has 2 heterocycles. The number of carbonyl (C=O) groups is 2. The fraction of sp³-hybridized carbons (Fsp3) is 0.733. The third kappa shape index (κ3) is 0.886. The normalized spacial score (nSPS) is 54.2. The van der Waals surface area contributed by atoms with Gasteiger partial charge in [0, 0.05) is 5.92 Å². The molecule has 18 heavy (non-hydrogen) atoms. The number of esters is 1. The van der Waals surface area contributed by atoms with Gasteiger partial charge >= 0.3 is 5.97 Å². The van der Waals surface area contributed by atoms with Gasteiger partial charge in [-0.3, -0.25) is 9.59 Å². The smallest absolute Gasteiger partial charge is 0.321 e. The molecule has 0 unspecified atom stereocenters. The topological polar surface area (TPSA) is 43.4 Å². The van der Waals surface area contributed by atoms with Gasteiger partial charge in [-0.25, -0.2) is 0 Å². The number of Topliss-reactive ketones (excluding diaryl/α,β-unsaturated/α-hetero) is 1. The zero-order valence-electron chi connectivity index (χ0n) is 11.3. The van der Waals surface area contributed by atoms with Crippen LogP contribution in [0.2, 0.25) is 0 Å². The van der Waals surface area contributed by atoms with E-state index in [0.717, 1.165) is 12.8 Å². The molecular formula is C15H20O3. The van der Waals surface area contributed by atoms with Crippen LogP contribution in [0.1, 0.15) is 40.0 Å². The molecule has 5 atom stereocenters. The average Bonchev–Trinajstić information content (AvgIpc) is 2.60. The number of rotatable bonds is 1. The van der Waals surface area contributed by atoms with Crippen molar-refractivity contribution in [2.24, 2.45) is 22.7 Å². The van der Waals surface area contributed by atoms with Gasteiger partial charge in [0.1, 0.15) is 11.0 Å². The Balaban J connectivity index is 2.28. The summed E-state index contributed by atoms with van der Waals surface area (Å²) in [5.74, 6) is 0.0180. The maximum atomic E-state index is 12.6. The summed E-state index contributed by atoms with van der Waals surface area (Å²) in [5, 5.41) is 0. The highest BCUT2D eigenvalue weighted by Crippen LogP contribution is 2.70. The second-order valence-corrected chi connectivity index (χ2v) is 6.54. The van der Waals surface area contributed by atoms with Gasteiger partial charge in [0.2, 0.25) is 0 Å². The Morgan fingerprint density at radius 3 is 2.61 bits per heavy atom. The van der Waals surface area contributed by atoms with E-state index < -0.39 is 11.0 Å². The van der Waals surface area contributed by atoms with E-state index in [1.54, 1.807) is 6.08 Å². The molecule has 2 saturated heterocycles. The monoisotopic (exact) mass is 248 g/mol. The van der Waals surface area contributed by atoms with E-state index in [0.29, 0.717) is 6.42 Å². The van der Waals surface area contributed by atoms with Crippen molar-refractivity contribution in [3.63, 3.8) is 0 Å². The van der Waals surface area contributed by atoms with Crippen LogP contribution in [0.25, 0.3) is 0 Å². The highest BCUT2D eigenvalue weighted by molar-refractivity contribution is 6.09. The van der Waals surface area contributed by atoms with Crippen LogP contribution < -0.4 is 0 Å². The minimum absolute atomic E-state index is 0.0734. The Kier molecular flexibility index (Phi) is 2.03. The first-order valence-corrected chi connectivity index (χ1v) is 6.75. The highest BCUT2D eigenvalue weighted by Gasteiger charge is 2.77. The van der Waals surface area contributed by atoms with Crippen molar-refractivity contribution < 1.29 is 14.3 Å². The molecule has 2 saturated carbocycles. The summed E-state index contributed by atoms with van der Waals surface area (Å²) in [7, 11) is 0. The molecule has 1 spiro atoms. The molecule has 0 radical (unpaired) electrons. The maximum absolute atomic E-state index is 12.6. The average molecular weight is 248 g/mol. The Bertz CT molecular complexity index is 446. The minimum Gasteiger partial charge on any atom is -0.453 e. The molecular weight excluding hydrogens is 228 g/mol. The Labute approximate surface area is 108 Å². The van der Waals surface area contributed by atoms with Gasteiger partial charge in [0.05, 0.1) is 6.42 Å². The SMILES string of the molecule is C=C[C@]12CC(=O)[C@@]3(C(=O)O1)[C@H](C)CC[C@@]3(C)[C@@H]2C. The Hall–Kier alpha value is -1.12. The molecule has 3 nitrogen and oxygen atoms in total. The first-order valence-electron chi connectivity index (χ1n) is 6.75. The van der Waals surface area contributed by atoms with Crippen LogP contribution in [0.15, 0.2) is 12.7 Å². The number of hydrogen-bond donors (Lipinski definition) is 0. The number of ketones is 1. The number of ether oxygens (including phenoxy) is 1. The molecule has 0 amide bonds. The summed E-state index contributed by atoms with van der Waals surface area (Å²) in [6.45, 7) is 10.0. The van der Waals surface area contributed by atoms with Crippen molar-refractivity contribution in [1.82, 2.24) is 0 Å². The van der Waals surface area contributed by atoms with Crippen molar-refractivity contribution >= 4 is 11.8 Å². The molecule has 0 aromatic carbocycles. The summed E-state index contributed by atoms with van der Waals surface area (Å²) < 4.78 is 5.67. The van der Waals surface area contributed by atoms with Crippen LogP contribution >= 0.6 is 0 Å². The van der Waals surface area contributed by atoms with Gasteiger partial charge in [-0.05, 0) is 30.3 Å². The van der Waals surface area contributed by atoms with Crippen molar-refractivity contribution in [3.05, 3.63) is 12.7 Å². The maximum Gasteiger partial charge on any atom is 0.321 e. The Morgan fingerprint density at radius 2 is 2.06 bits per heavy atom. The summed E-state index contributed by atoms with van der Waals surface area (Å²) in [6.07, 6.45) is 3.83. The van der Waals surface area contributed by atoms with Crippen molar-refractivity contribution in [2.75, 3.05) is 0 Å². The van der Waals surface area contributed by atoms with Gasteiger partial charge in [0.25, 0.3) is 0 Å². The van der Waals surface area contributed by atoms with Crippen LogP contribution in [0.3, 0.4) is 0 Å². The highest BCUT2D eigenvalue weighted by atomic mass is 16.6. The van der Waals surface area contributed by atoms with Crippen LogP contribution in [0.5, 0.6) is 0 Å². The van der Waals surface area contributed by atoms with E-state index in [-0.39, 0.29) is 29.0 Å². The first-order chi connectivity index (χ1) is 8.35. The number of carbonyl (C=O) groups excluding carboxylic acids is 2. The lowest BCUT2D eigenvalue weighted by Crippen LogP contribution is -2.71. The lowest BCUT2D eigenvalue weighted by molar-refractivity contribution is -0.233. The molecule has 2 bridgehead atoms. The molecule has 0 aromatic heterocycles. The molecule has 4 fully saturated rings. The predicted octanol–water partition coefficient (Wildman–Crippen LogP) is 2.50. The largest absolute Gasteiger partial charge is 0.453 e. The summed E-state index contributed by atoms with van der Waals surface area (Å²) >= 11 is 0. The summed E-state index contributed by atoms with van der Waals surface area (Å²) in [6, 6.07) is 0. The minimum atomic E-state index is -0.892. The van der Waals surface area contributed by atoms with Crippen LogP contribution in [0, 0.1) is 22.7 Å². The van der Waals surface area contributed by atoms with E-state index >= 15 is 0 Å². The van der Waals surface area contributed by atoms with E-state index in [4.69, 9.17) is 4.74 Å².